The maximum Gasteiger partial charge on any atom is 0.296 e. The first kappa shape index (κ1) is 12.7. The fourth-order valence-electron chi connectivity index (χ4n) is 1.02. The number of guanidine groups is 2. The Labute approximate surface area is 101 Å². The number of halogens is 1. The predicted molar refractivity (Wildman–Crippen MR) is 65.2 cm³/mol. The minimum atomic E-state index is -0.631. The maximum absolute atomic E-state index is 10.7. The first-order valence-corrected chi connectivity index (χ1v) is 4.65. The number of rotatable bonds is 2. The monoisotopic (exact) mass is 256 g/mol. The number of benzene rings is 1. The van der Waals surface area contributed by atoms with E-state index >= 15 is 0 Å². The standard InChI is InChI=1S/C8H9ClN6O2/c9-4-1-2-5(6(3-4)15(16)17)13-8(12)14-7(10)11/h1-3H,(H6,10,11,12,13,14). The highest BCUT2D eigenvalue weighted by Gasteiger charge is 2.13. The van der Waals surface area contributed by atoms with E-state index in [-0.39, 0.29) is 28.3 Å². The molecule has 0 saturated heterocycles. The Bertz CT molecular complexity index is 509. The molecular formula is C8H9ClN6O2. The molecule has 8 nitrogen and oxygen atoms in total. The molecule has 0 unspecified atom stereocenters. The molecule has 0 saturated carbocycles. The maximum atomic E-state index is 10.7. The first-order valence-electron chi connectivity index (χ1n) is 4.28. The van der Waals surface area contributed by atoms with E-state index in [2.05, 4.69) is 9.98 Å². The zero-order valence-corrected chi connectivity index (χ0v) is 9.26. The molecule has 17 heavy (non-hydrogen) atoms. The van der Waals surface area contributed by atoms with Crippen LogP contribution in [-0.4, -0.2) is 16.8 Å². The Morgan fingerprint density at radius 2 is 2.00 bits per heavy atom. The van der Waals surface area contributed by atoms with Crippen LogP contribution in [0.4, 0.5) is 11.4 Å². The molecule has 0 aliphatic rings. The summed E-state index contributed by atoms with van der Waals surface area (Å²) in [6.07, 6.45) is 0. The average Bonchev–Trinajstić information content (AvgIpc) is 2.19. The molecule has 1 aromatic rings. The van der Waals surface area contributed by atoms with Crippen molar-refractivity contribution in [3.8, 4) is 0 Å². The third kappa shape index (κ3) is 3.61. The molecule has 90 valence electrons. The minimum Gasteiger partial charge on any atom is -0.370 e. The summed E-state index contributed by atoms with van der Waals surface area (Å²) in [5.74, 6) is -0.571. The largest absolute Gasteiger partial charge is 0.370 e. The van der Waals surface area contributed by atoms with Crippen LogP contribution in [-0.2, 0) is 0 Å². The highest BCUT2D eigenvalue weighted by Crippen LogP contribution is 2.30. The summed E-state index contributed by atoms with van der Waals surface area (Å²) in [5.41, 5.74) is 15.3. The van der Waals surface area contributed by atoms with Crippen LogP contribution in [0.3, 0.4) is 0 Å². The predicted octanol–water partition coefficient (Wildman–Crippen LogP) is 0.468. The van der Waals surface area contributed by atoms with E-state index in [0.717, 1.165) is 6.07 Å². The van der Waals surface area contributed by atoms with Gasteiger partial charge < -0.3 is 17.2 Å². The number of nitro benzene ring substituents is 1. The van der Waals surface area contributed by atoms with E-state index in [4.69, 9.17) is 28.8 Å². The van der Waals surface area contributed by atoms with Crippen molar-refractivity contribution in [2.75, 3.05) is 0 Å². The molecule has 0 heterocycles. The SMILES string of the molecule is NC(N)=NC(N)=Nc1ccc(Cl)cc1[N+](=O)[O-]. The van der Waals surface area contributed by atoms with Gasteiger partial charge in [0.05, 0.1) is 4.92 Å². The average molecular weight is 257 g/mol. The van der Waals surface area contributed by atoms with Crippen LogP contribution in [0.2, 0.25) is 5.02 Å². The van der Waals surface area contributed by atoms with Crippen molar-refractivity contribution in [1.82, 2.24) is 0 Å². The van der Waals surface area contributed by atoms with E-state index in [0.29, 0.717) is 0 Å². The quantitative estimate of drug-likeness (QED) is 0.305. The lowest BCUT2D eigenvalue weighted by atomic mass is 10.3. The number of nitro groups is 1. The van der Waals surface area contributed by atoms with Crippen LogP contribution in [0.1, 0.15) is 0 Å². The summed E-state index contributed by atoms with van der Waals surface area (Å²) in [5, 5.41) is 10.9. The van der Waals surface area contributed by atoms with E-state index in [1.807, 2.05) is 0 Å². The van der Waals surface area contributed by atoms with Gasteiger partial charge in [0.2, 0.25) is 5.96 Å². The van der Waals surface area contributed by atoms with Gasteiger partial charge in [-0.15, -0.1) is 0 Å². The number of aliphatic imine (C=N–C) groups is 2. The van der Waals surface area contributed by atoms with Crippen molar-refractivity contribution in [2.45, 2.75) is 0 Å². The van der Waals surface area contributed by atoms with Gasteiger partial charge in [-0.2, -0.15) is 4.99 Å². The number of hydrogen-bond acceptors (Lipinski definition) is 3. The lowest BCUT2D eigenvalue weighted by Crippen LogP contribution is -2.26. The van der Waals surface area contributed by atoms with E-state index in [1.54, 1.807) is 0 Å². The molecule has 0 atom stereocenters. The Hall–Kier alpha value is -2.35. The summed E-state index contributed by atoms with van der Waals surface area (Å²) >= 11 is 5.63. The van der Waals surface area contributed by atoms with Crippen molar-refractivity contribution < 1.29 is 4.92 Å². The molecule has 0 aromatic heterocycles. The lowest BCUT2D eigenvalue weighted by molar-refractivity contribution is -0.384. The van der Waals surface area contributed by atoms with Gasteiger partial charge in [0.1, 0.15) is 5.69 Å². The Balaban J connectivity index is 3.23. The zero-order valence-electron chi connectivity index (χ0n) is 8.50. The fraction of sp³-hybridized carbons (Fsp3) is 0. The molecule has 1 rings (SSSR count). The van der Waals surface area contributed by atoms with Gasteiger partial charge in [-0.1, -0.05) is 11.6 Å². The molecule has 6 N–H and O–H groups in total. The van der Waals surface area contributed by atoms with E-state index < -0.39 is 4.92 Å². The minimum absolute atomic E-state index is 0.0156. The van der Waals surface area contributed by atoms with Gasteiger partial charge in [-0.05, 0) is 12.1 Å². The normalized spacial score (nSPS) is 11.0. The van der Waals surface area contributed by atoms with Crippen molar-refractivity contribution in [1.29, 1.82) is 0 Å². The Kier molecular flexibility index (Phi) is 3.83. The number of nitrogens with two attached hydrogens (primary N) is 3. The molecular weight excluding hydrogens is 248 g/mol. The third-order valence-corrected chi connectivity index (χ3v) is 1.85. The summed E-state index contributed by atoms with van der Waals surface area (Å²) in [7, 11) is 0. The number of hydrogen-bond donors (Lipinski definition) is 3. The second-order valence-corrected chi connectivity index (χ2v) is 3.33. The number of nitrogens with zero attached hydrogens (tertiary/aromatic N) is 3. The second-order valence-electron chi connectivity index (χ2n) is 2.90. The molecule has 0 aliphatic heterocycles. The third-order valence-electron chi connectivity index (χ3n) is 1.61. The van der Waals surface area contributed by atoms with Crippen LogP contribution < -0.4 is 17.2 Å². The van der Waals surface area contributed by atoms with E-state index in [9.17, 15) is 10.1 Å². The highest BCUT2D eigenvalue weighted by atomic mass is 35.5. The molecule has 0 spiro atoms. The van der Waals surface area contributed by atoms with Crippen molar-refractivity contribution in [2.24, 2.45) is 27.2 Å². The first-order chi connectivity index (χ1) is 7.90. The van der Waals surface area contributed by atoms with Crippen LogP contribution in [0.15, 0.2) is 28.2 Å². The van der Waals surface area contributed by atoms with Gasteiger partial charge >= 0.3 is 0 Å². The van der Waals surface area contributed by atoms with Gasteiger partial charge in [0.15, 0.2) is 5.96 Å². The van der Waals surface area contributed by atoms with Crippen LogP contribution in [0, 0.1) is 10.1 Å². The second kappa shape index (κ2) is 5.12. The van der Waals surface area contributed by atoms with Crippen LogP contribution in [0.5, 0.6) is 0 Å². The molecule has 0 radical (unpaired) electrons. The van der Waals surface area contributed by atoms with Crippen molar-refractivity contribution in [3.05, 3.63) is 33.3 Å². The Morgan fingerprint density at radius 1 is 1.35 bits per heavy atom. The topological polar surface area (TPSA) is 146 Å². The summed E-state index contributed by atoms with van der Waals surface area (Å²) in [4.78, 5) is 17.2. The Morgan fingerprint density at radius 3 is 2.53 bits per heavy atom. The summed E-state index contributed by atoms with van der Waals surface area (Å²) in [6.45, 7) is 0. The van der Waals surface area contributed by atoms with E-state index in [1.165, 1.54) is 12.1 Å². The van der Waals surface area contributed by atoms with Gasteiger partial charge in [0, 0.05) is 11.1 Å². The van der Waals surface area contributed by atoms with Crippen LogP contribution in [0.25, 0.3) is 0 Å². The molecule has 0 amide bonds. The molecule has 0 fully saturated rings. The lowest BCUT2D eigenvalue weighted by Gasteiger charge is -1.99. The smallest absolute Gasteiger partial charge is 0.296 e. The molecule has 1 aromatic carbocycles. The van der Waals surface area contributed by atoms with Gasteiger partial charge in [-0.3, -0.25) is 10.1 Å². The highest BCUT2D eigenvalue weighted by molar-refractivity contribution is 6.30. The van der Waals surface area contributed by atoms with Crippen molar-refractivity contribution >= 4 is 34.9 Å². The van der Waals surface area contributed by atoms with Crippen LogP contribution >= 0.6 is 11.6 Å². The zero-order chi connectivity index (χ0) is 13.0. The molecule has 9 heteroatoms. The molecule has 0 bridgehead atoms. The molecule has 0 aliphatic carbocycles. The summed E-state index contributed by atoms with van der Waals surface area (Å²) < 4.78 is 0. The fourth-order valence-corrected chi connectivity index (χ4v) is 1.18. The van der Waals surface area contributed by atoms with Crippen molar-refractivity contribution in [3.63, 3.8) is 0 Å². The van der Waals surface area contributed by atoms with Gasteiger partial charge in [0.25, 0.3) is 5.69 Å². The van der Waals surface area contributed by atoms with Gasteiger partial charge in [-0.25, -0.2) is 4.99 Å². The summed E-state index contributed by atoms with van der Waals surface area (Å²) in [6, 6.07) is 3.94.